The number of nitrogen functional groups attached to an aromatic ring is 1. The molecule has 0 saturated heterocycles. The molecule has 0 aromatic heterocycles. The summed E-state index contributed by atoms with van der Waals surface area (Å²) in [6.45, 7) is 1.86. The Kier molecular flexibility index (Phi) is 3.64. The topological polar surface area (TPSA) is 35.2 Å². The minimum atomic E-state index is -0.575. The number of nitrogens with two attached hydrogens (primary N) is 1. The first-order valence-electron chi connectivity index (χ1n) is 5.16. The van der Waals surface area contributed by atoms with Gasteiger partial charge in [0.25, 0.3) is 0 Å². The molecule has 0 aliphatic heterocycles. The van der Waals surface area contributed by atoms with Gasteiger partial charge in [-0.05, 0) is 30.7 Å². The minimum Gasteiger partial charge on any atom is -0.455 e. The average molecular weight is 286 g/mol. The van der Waals surface area contributed by atoms with Gasteiger partial charge in [-0.2, -0.15) is 0 Å². The van der Waals surface area contributed by atoms with E-state index in [1.165, 1.54) is 6.07 Å². The van der Waals surface area contributed by atoms with E-state index in [1.54, 1.807) is 18.2 Å². The molecule has 0 atom stereocenters. The summed E-state index contributed by atoms with van der Waals surface area (Å²) in [6.07, 6.45) is 0. The van der Waals surface area contributed by atoms with Crippen molar-refractivity contribution in [3.05, 3.63) is 51.8 Å². The molecule has 0 heterocycles. The van der Waals surface area contributed by atoms with Crippen molar-refractivity contribution in [1.29, 1.82) is 0 Å². The first-order valence-corrected chi connectivity index (χ1v) is 5.91. The maximum Gasteiger partial charge on any atom is 0.151 e. The van der Waals surface area contributed by atoms with Gasteiger partial charge in [0.1, 0.15) is 11.6 Å². The second kappa shape index (κ2) is 5.04. The van der Waals surface area contributed by atoms with Crippen molar-refractivity contribution in [2.45, 2.75) is 6.92 Å². The van der Waals surface area contributed by atoms with Crippen LogP contribution in [-0.2, 0) is 0 Å². The van der Waals surface area contributed by atoms with E-state index in [0.29, 0.717) is 16.5 Å². The fraction of sp³-hybridized carbons (Fsp3) is 0.0769. The Balaban J connectivity index is 2.34. The van der Waals surface area contributed by atoms with Gasteiger partial charge in [-0.3, -0.25) is 0 Å². The normalized spacial score (nSPS) is 10.4. The Morgan fingerprint density at radius 3 is 2.50 bits per heavy atom. The number of benzene rings is 2. The van der Waals surface area contributed by atoms with Crippen LogP contribution in [0.4, 0.5) is 10.1 Å². The summed E-state index contributed by atoms with van der Waals surface area (Å²) in [4.78, 5) is 0. The Morgan fingerprint density at radius 2 is 1.83 bits per heavy atom. The van der Waals surface area contributed by atoms with Crippen LogP contribution in [0.3, 0.4) is 0 Å². The van der Waals surface area contributed by atoms with Crippen LogP contribution in [0.15, 0.2) is 30.3 Å². The van der Waals surface area contributed by atoms with Crippen LogP contribution in [0.5, 0.6) is 11.5 Å². The van der Waals surface area contributed by atoms with E-state index >= 15 is 0 Å². The Hall–Kier alpha value is -1.45. The van der Waals surface area contributed by atoms with E-state index < -0.39 is 5.82 Å². The quantitative estimate of drug-likeness (QED) is 0.803. The lowest BCUT2D eigenvalue weighted by molar-refractivity contribution is 0.483. The highest BCUT2D eigenvalue weighted by atomic mass is 35.5. The Labute approximate surface area is 114 Å². The maximum absolute atomic E-state index is 13.1. The first kappa shape index (κ1) is 13.0. The molecule has 0 bridgehead atoms. The summed E-state index contributed by atoms with van der Waals surface area (Å²) in [5.41, 5.74) is 6.72. The molecule has 18 heavy (non-hydrogen) atoms. The lowest BCUT2D eigenvalue weighted by Crippen LogP contribution is -1.94. The zero-order valence-electron chi connectivity index (χ0n) is 9.51. The van der Waals surface area contributed by atoms with Gasteiger partial charge >= 0.3 is 0 Å². The molecular weight excluding hydrogens is 276 g/mol. The van der Waals surface area contributed by atoms with Gasteiger partial charge in [0.2, 0.25) is 0 Å². The first-order chi connectivity index (χ1) is 8.47. The monoisotopic (exact) mass is 285 g/mol. The third kappa shape index (κ3) is 2.68. The highest BCUT2D eigenvalue weighted by Crippen LogP contribution is 2.33. The van der Waals surface area contributed by atoms with Crippen LogP contribution in [-0.4, -0.2) is 0 Å². The van der Waals surface area contributed by atoms with Crippen LogP contribution < -0.4 is 10.5 Å². The highest BCUT2D eigenvalue weighted by molar-refractivity contribution is 6.31. The van der Waals surface area contributed by atoms with Crippen molar-refractivity contribution < 1.29 is 9.13 Å². The van der Waals surface area contributed by atoms with Gasteiger partial charge in [-0.1, -0.05) is 23.2 Å². The summed E-state index contributed by atoms with van der Waals surface area (Å²) in [5, 5.41) is 0.609. The second-order valence-electron chi connectivity index (χ2n) is 3.82. The molecule has 2 nitrogen and oxygen atoms in total. The second-order valence-corrected chi connectivity index (χ2v) is 4.63. The van der Waals surface area contributed by atoms with Crippen molar-refractivity contribution in [1.82, 2.24) is 0 Å². The average Bonchev–Trinajstić information content (AvgIpc) is 2.31. The summed E-state index contributed by atoms with van der Waals surface area (Å²) >= 11 is 11.6. The van der Waals surface area contributed by atoms with Crippen molar-refractivity contribution in [2.24, 2.45) is 0 Å². The largest absolute Gasteiger partial charge is 0.455 e. The number of hydrogen-bond donors (Lipinski definition) is 1. The molecule has 2 aromatic rings. The van der Waals surface area contributed by atoms with Gasteiger partial charge in [0, 0.05) is 17.2 Å². The lowest BCUT2D eigenvalue weighted by Gasteiger charge is -2.10. The smallest absolute Gasteiger partial charge is 0.151 e. The number of rotatable bonds is 2. The number of hydrogen-bond acceptors (Lipinski definition) is 2. The van der Waals surface area contributed by atoms with E-state index in [9.17, 15) is 4.39 Å². The fourth-order valence-corrected chi connectivity index (χ4v) is 1.71. The van der Waals surface area contributed by atoms with E-state index in [2.05, 4.69) is 0 Å². The zero-order valence-corrected chi connectivity index (χ0v) is 11.0. The number of ether oxygens (including phenoxy) is 1. The van der Waals surface area contributed by atoms with Crippen LogP contribution in [0.25, 0.3) is 0 Å². The third-order valence-electron chi connectivity index (χ3n) is 2.41. The SMILES string of the molecule is Cc1cc(Oc2cc(Cl)c(F)cc2N)ccc1Cl. The van der Waals surface area contributed by atoms with Crippen LogP contribution in [0, 0.1) is 12.7 Å². The molecule has 2 N–H and O–H groups in total. The minimum absolute atomic E-state index is 0.0371. The number of aryl methyl sites for hydroxylation is 1. The molecule has 94 valence electrons. The summed E-state index contributed by atoms with van der Waals surface area (Å²) < 4.78 is 18.7. The molecule has 0 amide bonds. The molecule has 0 aliphatic carbocycles. The van der Waals surface area contributed by atoms with Crippen molar-refractivity contribution in [2.75, 3.05) is 5.73 Å². The van der Waals surface area contributed by atoms with Crippen molar-refractivity contribution in [3.8, 4) is 11.5 Å². The molecule has 0 saturated carbocycles. The van der Waals surface area contributed by atoms with Crippen LogP contribution in [0.1, 0.15) is 5.56 Å². The molecule has 5 heteroatoms. The zero-order chi connectivity index (χ0) is 13.3. The van der Waals surface area contributed by atoms with Crippen LogP contribution in [0.2, 0.25) is 10.0 Å². The van der Waals surface area contributed by atoms with Gasteiger partial charge in [0.15, 0.2) is 5.75 Å². The van der Waals surface area contributed by atoms with Crippen molar-refractivity contribution >= 4 is 28.9 Å². The van der Waals surface area contributed by atoms with E-state index in [4.69, 9.17) is 33.7 Å². The summed E-state index contributed by atoms with van der Waals surface area (Å²) in [5.74, 6) is 0.295. The molecule has 0 radical (unpaired) electrons. The fourth-order valence-electron chi connectivity index (χ4n) is 1.44. The van der Waals surface area contributed by atoms with Gasteiger partial charge in [-0.15, -0.1) is 0 Å². The van der Waals surface area contributed by atoms with Gasteiger partial charge in [-0.25, -0.2) is 4.39 Å². The molecule has 0 fully saturated rings. The number of anilines is 1. The predicted molar refractivity (Wildman–Crippen MR) is 72.1 cm³/mol. The lowest BCUT2D eigenvalue weighted by atomic mass is 10.2. The maximum atomic E-state index is 13.1. The standard InChI is InChI=1S/C13H10Cl2FNO/c1-7-4-8(2-3-9(7)14)18-13-5-10(15)11(16)6-12(13)17/h2-6H,17H2,1H3. The predicted octanol–water partition coefficient (Wildman–Crippen LogP) is 4.82. The van der Waals surface area contributed by atoms with Gasteiger partial charge < -0.3 is 10.5 Å². The van der Waals surface area contributed by atoms with E-state index in [1.807, 2.05) is 6.92 Å². The molecular formula is C13H10Cl2FNO. The van der Waals surface area contributed by atoms with E-state index in [0.717, 1.165) is 11.6 Å². The van der Waals surface area contributed by atoms with Gasteiger partial charge in [0.05, 0.1) is 10.7 Å². The van der Waals surface area contributed by atoms with E-state index in [-0.39, 0.29) is 10.7 Å². The molecule has 0 unspecified atom stereocenters. The number of halogens is 3. The third-order valence-corrected chi connectivity index (χ3v) is 3.12. The summed E-state index contributed by atoms with van der Waals surface area (Å²) in [6, 6.07) is 7.65. The molecule has 2 aromatic carbocycles. The molecule has 2 rings (SSSR count). The molecule has 0 spiro atoms. The highest BCUT2D eigenvalue weighted by Gasteiger charge is 2.09. The Bertz CT molecular complexity index is 602. The molecule has 0 aliphatic rings. The Morgan fingerprint density at radius 1 is 1.11 bits per heavy atom. The summed E-state index contributed by atoms with van der Waals surface area (Å²) in [7, 11) is 0. The van der Waals surface area contributed by atoms with Crippen molar-refractivity contribution in [3.63, 3.8) is 0 Å². The van der Waals surface area contributed by atoms with Crippen LogP contribution >= 0.6 is 23.2 Å².